The fraction of sp³-hybridized carbons (Fsp3) is 0.385. The van der Waals surface area contributed by atoms with E-state index in [-0.39, 0.29) is 19.0 Å². The normalized spacial score (nSPS) is 15.8. The Morgan fingerprint density at radius 3 is 2.50 bits per heavy atom. The molecule has 0 amide bonds. The summed E-state index contributed by atoms with van der Waals surface area (Å²) in [5.41, 5.74) is 5.67. The van der Waals surface area contributed by atoms with Crippen LogP contribution in [0.5, 0.6) is 5.75 Å². The lowest BCUT2D eigenvalue weighted by Gasteiger charge is -2.34. The Balaban J connectivity index is 0.00000176. The standard InChI is InChI=1S/C13H12Cl3N3O2.ClH/c14-7-4-9(16)10(5-8(7)15)20-6-11-18-12(19-21-11)13(17)2-1-3-13;/h4-5H,1-3,6,17H2;1H. The van der Waals surface area contributed by atoms with E-state index >= 15 is 0 Å². The van der Waals surface area contributed by atoms with Crippen LogP contribution in [-0.4, -0.2) is 10.1 Å². The van der Waals surface area contributed by atoms with Gasteiger partial charge in [0.2, 0.25) is 0 Å². The van der Waals surface area contributed by atoms with Crippen molar-refractivity contribution < 1.29 is 9.26 Å². The first kappa shape index (κ1) is 17.6. The van der Waals surface area contributed by atoms with E-state index < -0.39 is 5.54 Å². The summed E-state index contributed by atoms with van der Waals surface area (Å²) in [4.78, 5) is 4.26. The topological polar surface area (TPSA) is 74.2 Å². The second-order valence-electron chi connectivity index (χ2n) is 5.01. The second kappa shape index (κ2) is 6.81. The number of nitrogens with two attached hydrogens (primary N) is 1. The van der Waals surface area contributed by atoms with Crippen LogP contribution < -0.4 is 10.5 Å². The molecule has 1 aromatic carbocycles. The van der Waals surface area contributed by atoms with Gasteiger partial charge in [0.25, 0.3) is 5.89 Å². The van der Waals surface area contributed by atoms with Gasteiger partial charge in [0, 0.05) is 6.07 Å². The molecule has 0 radical (unpaired) electrons. The van der Waals surface area contributed by atoms with E-state index in [4.69, 9.17) is 49.8 Å². The molecule has 9 heteroatoms. The van der Waals surface area contributed by atoms with Crippen molar-refractivity contribution in [3.63, 3.8) is 0 Å². The Kier molecular flexibility index (Phi) is 5.45. The molecule has 22 heavy (non-hydrogen) atoms. The van der Waals surface area contributed by atoms with Gasteiger partial charge in [-0.1, -0.05) is 40.0 Å². The zero-order chi connectivity index (χ0) is 15.0. The first-order chi connectivity index (χ1) is 9.98. The number of nitrogens with zero attached hydrogens (tertiary/aromatic N) is 2. The Morgan fingerprint density at radius 2 is 1.86 bits per heavy atom. The summed E-state index contributed by atoms with van der Waals surface area (Å²) in [6, 6.07) is 3.06. The number of benzene rings is 1. The van der Waals surface area contributed by atoms with Crippen molar-refractivity contribution in [3.8, 4) is 5.75 Å². The highest BCUT2D eigenvalue weighted by Gasteiger charge is 2.39. The second-order valence-corrected chi connectivity index (χ2v) is 6.23. The number of aromatic nitrogens is 2. The van der Waals surface area contributed by atoms with Crippen molar-refractivity contribution in [2.24, 2.45) is 5.73 Å². The molecule has 5 nitrogen and oxygen atoms in total. The highest BCUT2D eigenvalue weighted by Crippen LogP contribution is 2.37. The molecular weight excluding hydrogens is 372 g/mol. The molecule has 1 aliphatic carbocycles. The summed E-state index contributed by atoms with van der Waals surface area (Å²) < 4.78 is 10.7. The molecule has 120 valence electrons. The number of hydrogen-bond donors (Lipinski definition) is 1. The van der Waals surface area contributed by atoms with Gasteiger partial charge in [-0.3, -0.25) is 0 Å². The van der Waals surface area contributed by atoms with Crippen molar-refractivity contribution >= 4 is 47.2 Å². The van der Waals surface area contributed by atoms with Gasteiger partial charge in [-0.05, 0) is 25.3 Å². The Morgan fingerprint density at radius 1 is 1.18 bits per heavy atom. The minimum Gasteiger partial charge on any atom is -0.482 e. The molecule has 1 saturated carbocycles. The summed E-state index contributed by atoms with van der Waals surface area (Å²) >= 11 is 17.8. The van der Waals surface area contributed by atoms with Gasteiger partial charge in [-0.25, -0.2) is 0 Å². The third-order valence-electron chi connectivity index (χ3n) is 3.49. The monoisotopic (exact) mass is 383 g/mol. The van der Waals surface area contributed by atoms with E-state index in [1.54, 1.807) is 6.07 Å². The molecule has 0 spiro atoms. The van der Waals surface area contributed by atoms with Crippen LogP contribution in [0.25, 0.3) is 0 Å². The molecule has 2 aromatic rings. The van der Waals surface area contributed by atoms with Crippen LogP contribution in [0.3, 0.4) is 0 Å². The van der Waals surface area contributed by atoms with Gasteiger partial charge < -0.3 is 15.0 Å². The minimum atomic E-state index is -0.455. The van der Waals surface area contributed by atoms with Gasteiger partial charge in [0.15, 0.2) is 12.4 Å². The molecule has 0 aliphatic heterocycles. The molecule has 1 fully saturated rings. The first-order valence-corrected chi connectivity index (χ1v) is 7.51. The van der Waals surface area contributed by atoms with Crippen molar-refractivity contribution in [1.29, 1.82) is 0 Å². The average molecular weight is 385 g/mol. The lowest BCUT2D eigenvalue weighted by Crippen LogP contribution is -2.44. The lowest BCUT2D eigenvalue weighted by molar-refractivity contribution is 0.223. The van der Waals surface area contributed by atoms with Gasteiger partial charge in [0.1, 0.15) is 5.75 Å². The van der Waals surface area contributed by atoms with E-state index in [2.05, 4.69) is 10.1 Å². The third kappa shape index (κ3) is 3.44. The number of ether oxygens (including phenoxy) is 1. The average Bonchev–Trinajstić information content (AvgIpc) is 2.88. The molecule has 0 saturated heterocycles. The summed E-state index contributed by atoms with van der Waals surface area (Å²) in [6.45, 7) is 0.0841. The van der Waals surface area contributed by atoms with Crippen molar-refractivity contribution in [1.82, 2.24) is 10.1 Å². The van der Waals surface area contributed by atoms with E-state index in [1.165, 1.54) is 6.07 Å². The van der Waals surface area contributed by atoms with E-state index in [0.717, 1.165) is 19.3 Å². The van der Waals surface area contributed by atoms with Gasteiger partial charge >= 0.3 is 0 Å². The predicted molar refractivity (Wildman–Crippen MR) is 87.1 cm³/mol. The maximum Gasteiger partial charge on any atom is 0.264 e. The largest absolute Gasteiger partial charge is 0.482 e. The molecule has 3 rings (SSSR count). The number of halogens is 4. The van der Waals surface area contributed by atoms with E-state index in [9.17, 15) is 0 Å². The van der Waals surface area contributed by atoms with Crippen LogP contribution in [0.4, 0.5) is 0 Å². The summed E-state index contributed by atoms with van der Waals surface area (Å²) in [5, 5.41) is 4.99. The van der Waals surface area contributed by atoms with Crippen molar-refractivity contribution in [2.45, 2.75) is 31.4 Å². The molecular formula is C13H13Cl4N3O2. The summed E-state index contributed by atoms with van der Waals surface area (Å²) in [5.74, 6) is 1.26. The first-order valence-electron chi connectivity index (χ1n) is 6.37. The van der Waals surface area contributed by atoms with Gasteiger partial charge in [-0.15, -0.1) is 12.4 Å². The Labute approximate surface area is 148 Å². The quantitative estimate of drug-likeness (QED) is 0.792. The fourth-order valence-corrected chi connectivity index (χ4v) is 2.64. The number of hydrogen-bond acceptors (Lipinski definition) is 5. The fourth-order valence-electron chi connectivity index (χ4n) is 2.05. The Bertz CT molecular complexity index is 673. The van der Waals surface area contributed by atoms with Gasteiger partial charge in [-0.2, -0.15) is 4.98 Å². The lowest BCUT2D eigenvalue weighted by atomic mass is 9.77. The van der Waals surface area contributed by atoms with Crippen LogP contribution in [0, 0.1) is 0 Å². The minimum absolute atomic E-state index is 0. The highest BCUT2D eigenvalue weighted by molar-refractivity contribution is 6.43. The highest BCUT2D eigenvalue weighted by atomic mass is 35.5. The molecule has 0 bridgehead atoms. The number of rotatable bonds is 4. The molecule has 1 heterocycles. The molecule has 2 N–H and O–H groups in total. The maximum absolute atomic E-state index is 6.13. The van der Waals surface area contributed by atoms with Crippen LogP contribution >= 0.6 is 47.2 Å². The van der Waals surface area contributed by atoms with Crippen LogP contribution in [0.2, 0.25) is 15.1 Å². The smallest absolute Gasteiger partial charge is 0.264 e. The van der Waals surface area contributed by atoms with Gasteiger partial charge in [0.05, 0.1) is 20.6 Å². The van der Waals surface area contributed by atoms with Crippen LogP contribution in [0.1, 0.15) is 31.0 Å². The van der Waals surface area contributed by atoms with E-state index in [0.29, 0.717) is 32.5 Å². The summed E-state index contributed by atoms with van der Waals surface area (Å²) in [7, 11) is 0. The molecule has 1 aliphatic rings. The van der Waals surface area contributed by atoms with Crippen molar-refractivity contribution in [2.75, 3.05) is 0 Å². The molecule has 0 unspecified atom stereocenters. The van der Waals surface area contributed by atoms with Crippen LogP contribution in [0.15, 0.2) is 16.7 Å². The SMILES string of the molecule is Cl.NC1(c2noc(COc3cc(Cl)c(Cl)cc3Cl)n2)CCC1. The predicted octanol–water partition coefficient (Wildman–Crippen LogP) is 4.37. The van der Waals surface area contributed by atoms with E-state index in [1.807, 2.05) is 0 Å². The maximum atomic E-state index is 6.13. The molecule has 0 atom stereocenters. The molecule has 1 aromatic heterocycles. The summed E-state index contributed by atoms with van der Waals surface area (Å²) in [6.07, 6.45) is 2.81. The van der Waals surface area contributed by atoms with Crippen molar-refractivity contribution in [3.05, 3.63) is 38.9 Å². The van der Waals surface area contributed by atoms with Crippen LogP contribution in [-0.2, 0) is 12.1 Å². The Hall–Kier alpha value is -0.720. The third-order valence-corrected chi connectivity index (χ3v) is 4.50. The zero-order valence-corrected chi connectivity index (χ0v) is 14.4. The zero-order valence-electron chi connectivity index (χ0n) is 11.3.